The van der Waals surface area contributed by atoms with Crippen molar-refractivity contribution in [2.24, 2.45) is 0 Å². The normalized spacial score (nSPS) is 22.7. The average molecular weight is 391 g/mol. The Balaban J connectivity index is 1.46. The monoisotopic (exact) mass is 390 g/mol. The Morgan fingerprint density at radius 2 is 1.89 bits per heavy atom. The fourth-order valence-corrected chi connectivity index (χ4v) is 5.30. The lowest BCUT2D eigenvalue weighted by Gasteiger charge is -2.16. The first-order valence-electron chi connectivity index (χ1n) is 10.4. The zero-order valence-electron chi connectivity index (χ0n) is 16.5. The van der Waals surface area contributed by atoms with Gasteiger partial charge in [-0.3, -0.25) is 4.90 Å². The highest BCUT2D eigenvalue weighted by Crippen LogP contribution is 2.38. The number of likely N-dealkylation sites (tertiary alicyclic amines) is 1. The number of rotatable bonds is 4. The highest BCUT2D eigenvalue weighted by Gasteiger charge is 2.26. The van der Waals surface area contributed by atoms with E-state index in [4.69, 9.17) is 1.37 Å². The molecule has 6 nitrogen and oxygen atoms in total. The molecular formula is C20H27N3O3S. The van der Waals surface area contributed by atoms with Crippen molar-refractivity contribution in [1.29, 1.82) is 0 Å². The van der Waals surface area contributed by atoms with Gasteiger partial charge in [-0.05, 0) is 87.2 Å². The van der Waals surface area contributed by atoms with Gasteiger partial charge in [-0.1, -0.05) is 12.1 Å². The van der Waals surface area contributed by atoms with E-state index in [1.807, 2.05) is 4.90 Å². The van der Waals surface area contributed by atoms with E-state index < -0.39 is 16.1 Å². The lowest BCUT2D eigenvalue weighted by Crippen LogP contribution is -2.34. The number of aryl methyl sites for hydroxylation is 2. The molecule has 0 spiro atoms. The van der Waals surface area contributed by atoms with E-state index >= 15 is 0 Å². The Bertz CT molecular complexity index is 882. The third-order valence-electron chi connectivity index (χ3n) is 5.84. The summed E-state index contributed by atoms with van der Waals surface area (Å²) >= 11 is 0. The number of benzene rings is 1. The van der Waals surface area contributed by atoms with E-state index in [2.05, 4.69) is 16.1 Å². The number of amides is 2. The molecular weight excluding hydrogens is 362 g/mol. The highest BCUT2D eigenvalue weighted by molar-refractivity contribution is 7.92. The Kier molecular flexibility index (Phi) is 4.65. The Morgan fingerprint density at radius 1 is 1.19 bits per heavy atom. The van der Waals surface area contributed by atoms with Gasteiger partial charge in [0.2, 0.25) is 0 Å². The van der Waals surface area contributed by atoms with Crippen LogP contribution in [-0.4, -0.2) is 39.0 Å². The molecule has 4 rings (SSSR count). The first kappa shape index (κ1) is 17.3. The first-order chi connectivity index (χ1) is 13.5. The van der Waals surface area contributed by atoms with Crippen molar-refractivity contribution in [2.45, 2.75) is 57.4 Å². The maximum atomic E-state index is 12.5. The molecule has 0 bridgehead atoms. The molecule has 146 valence electrons. The molecule has 7 heteroatoms. The molecule has 0 saturated carbocycles. The van der Waals surface area contributed by atoms with Crippen LogP contribution >= 0.6 is 0 Å². The number of urea groups is 1. The predicted molar refractivity (Wildman–Crippen MR) is 106 cm³/mol. The molecule has 1 aromatic rings. The number of nitrogens with one attached hydrogen (secondary N) is 2. The largest absolute Gasteiger partial charge is 0.333 e. The zero-order valence-corrected chi connectivity index (χ0v) is 16.3. The molecule has 1 aliphatic heterocycles. The van der Waals surface area contributed by atoms with Gasteiger partial charge in [0.25, 0.3) is 10.0 Å². The van der Waals surface area contributed by atoms with Crippen LogP contribution in [0.4, 0.5) is 10.5 Å². The molecule has 3 aliphatic rings. The summed E-state index contributed by atoms with van der Waals surface area (Å²) in [4.78, 5) is 14.4. The van der Waals surface area contributed by atoms with Crippen molar-refractivity contribution in [3.05, 3.63) is 39.8 Å². The number of anilines is 1. The molecule has 1 atom stereocenters. The molecule has 27 heavy (non-hydrogen) atoms. The van der Waals surface area contributed by atoms with Crippen molar-refractivity contribution >= 4 is 21.7 Å². The quantitative estimate of drug-likeness (QED) is 0.829. The van der Waals surface area contributed by atoms with Crippen LogP contribution in [0, 0.1) is 0 Å². The van der Waals surface area contributed by atoms with E-state index in [0.717, 1.165) is 69.0 Å². The molecule has 2 aliphatic carbocycles. The van der Waals surface area contributed by atoms with Crippen molar-refractivity contribution in [2.75, 3.05) is 18.9 Å². The second kappa shape index (κ2) is 7.28. The van der Waals surface area contributed by atoms with Crippen molar-refractivity contribution in [3.63, 3.8) is 0 Å². The van der Waals surface area contributed by atoms with E-state index in [0.29, 0.717) is 0 Å². The Labute approximate surface area is 162 Å². The Hall–Kier alpha value is -1.86. The van der Waals surface area contributed by atoms with E-state index in [9.17, 15) is 13.2 Å². The molecule has 2 N–H and O–H groups in total. The minimum Gasteiger partial charge on any atom is -0.307 e. The smallest absolute Gasteiger partial charge is 0.307 e. The molecule has 0 unspecified atom stereocenters. The molecule has 2 amide bonds. The van der Waals surface area contributed by atoms with Crippen LogP contribution in [0.15, 0.2) is 17.6 Å². The average Bonchev–Trinajstić information content (AvgIpc) is 3.39. The summed E-state index contributed by atoms with van der Waals surface area (Å²) < 4.78 is 34.3. The van der Waals surface area contributed by atoms with Crippen molar-refractivity contribution in [1.82, 2.24) is 9.62 Å². The SMILES string of the molecule is [2H]CN1CCC[C@@H]1/C=C/S(=O)(=O)NC(=O)Nc1c2c(cc3c1CCC3)CCC2. The lowest BCUT2D eigenvalue weighted by molar-refractivity contribution is 0.256. The van der Waals surface area contributed by atoms with Crippen molar-refractivity contribution < 1.29 is 14.6 Å². The number of hydrogen-bond donors (Lipinski definition) is 2. The number of hydrogen-bond acceptors (Lipinski definition) is 4. The second-order valence-corrected chi connectivity index (χ2v) is 9.25. The van der Waals surface area contributed by atoms with Gasteiger partial charge in [-0.25, -0.2) is 17.9 Å². The van der Waals surface area contributed by atoms with Crippen LogP contribution in [0.1, 0.15) is 49.3 Å². The zero-order chi connectivity index (χ0) is 19.7. The molecule has 0 aromatic heterocycles. The van der Waals surface area contributed by atoms with E-state index in [1.54, 1.807) is 6.08 Å². The summed E-state index contributed by atoms with van der Waals surface area (Å²) in [6.07, 6.45) is 9.40. The number of sulfonamides is 1. The standard InChI is InChI=1S/C20H27N3O3S/c1-23-11-4-7-16(23)10-12-27(25,26)22-20(24)21-19-17-8-2-5-14(17)13-15-6-3-9-18(15)19/h10,12-13,16H,2-9,11H2,1H3,(H2,21,22,24)/b12-10+/t16-/m1/s1/i1D. The van der Waals surface area contributed by atoms with Crippen LogP contribution in [0.25, 0.3) is 0 Å². The number of carbonyl (C=O) groups excluding carboxylic acids is 1. The predicted octanol–water partition coefficient (Wildman–Crippen LogP) is 2.72. The summed E-state index contributed by atoms with van der Waals surface area (Å²) in [5.41, 5.74) is 5.74. The van der Waals surface area contributed by atoms with Crippen LogP contribution in [0.3, 0.4) is 0 Å². The Morgan fingerprint density at radius 3 is 2.56 bits per heavy atom. The molecule has 1 fully saturated rings. The van der Waals surface area contributed by atoms with Gasteiger partial charge in [0.05, 0.1) is 0 Å². The summed E-state index contributed by atoms with van der Waals surface area (Å²) in [6, 6.07) is 1.51. The number of carbonyl (C=O) groups is 1. The van der Waals surface area contributed by atoms with Gasteiger partial charge in [0.15, 0.2) is 0 Å². The third kappa shape index (κ3) is 3.89. The minimum atomic E-state index is -3.88. The highest BCUT2D eigenvalue weighted by atomic mass is 32.2. The van der Waals surface area contributed by atoms with E-state index in [1.165, 1.54) is 22.3 Å². The van der Waals surface area contributed by atoms with Crippen molar-refractivity contribution in [3.8, 4) is 0 Å². The fourth-order valence-electron chi connectivity index (χ4n) is 4.53. The van der Waals surface area contributed by atoms with Crippen LogP contribution in [-0.2, 0) is 35.7 Å². The fraction of sp³-hybridized carbons (Fsp3) is 0.550. The van der Waals surface area contributed by atoms with Gasteiger partial charge in [-0.2, -0.15) is 0 Å². The van der Waals surface area contributed by atoms with Crippen LogP contribution in [0.2, 0.25) is 0 Å². The summed E-state index contributed by atoms with van der Waals surface area (Å²) in [6.45, 7) is 0.802. The molecule has 1 aromatic carbocycles. The maximum absolute atomic E-state index is 12.5. The van der Waals surface area contributed by atoms with Gasteiger partial charge in [0, 0.05) is 18.5 Å². The lowest BCUT2D eigenvalue weighted by atomic mass is 9.99. The summed E-state index contributed by atoms with van der Waals surface area (Å²) in [7, 11) is -3.73. The van der Waals surface area contributed by atoms with Gasteiger partial charge in [-0.15, -0.1) is 0 Å². The van der Waals surface area contributed by atoms with Gasteiger partial charge >= 0.3 is 6.03 Å². The summed E-state index contributed by atoms with van der Waals surface area (Å²) in [5, 5.41) is 3.90. The number of nitrogens with zero attached hydrogens (tertiary/aromatic N) is 1. The summed E-state index contributed by atoms with van der Waals surface area (Å²) in [5.74, 6) is 0. The minimum absolute atomic E-state index is 0.0576. The third-order valence-corrected chi connectivity index (χ3v) is 6.83. The van der Waals surface area contributed by atoms with Crippen LogP contribution < -0.4 is 10.0 Å². The van der Waals surface area contributed by atoms with Gasteiger partial charge < -0.3 is 5.32 Å². The van der Waals surface area contributed by atoms with Gasteiger partial charge in [0.1, 0.15) is 0 Å². The second-order valence-electron chi connectivity index (χ2n) is 7.69. The maximum Gasteiger partial charge on any atom is 0.333 e. The number of fused-ring (bicyclic) bond motifs is 2. The molecule has 1 heterocycles. The van der Waals surface area contributed by atoms with E-state index in [-0.39, 0.29) is 13.1 Å². The van der Waals surface area contributed by atoms with Crippen LogP contribution in [0.5, 0.6) is 0 Å². The molecule has 0 radical (unpaired) electrons. The topological polar surface area (TPSA) is 78.5 Å². The first-order valence-corrected chi connectivity index (χ1v) is 11.2. The molecule has 1 saturated heterocycles. The number of likely N-dealkylation sites (N-methyl/N-ethyl adjacent to an activating group) is 1.